The van der Waals surface area contributed by atoms with Crippen molar-refractivity contribution in [3.05, 3.63) is 176 Å². The Hall–Kier alpha value is -6.62. The predicted octanol–water partition coefficient (Wildman–Crippen LogP) is 13.3. The standard InChI is InChI=1S/C48H29N3S/c1-7-21-39-31(14-1)32-15-2-8-22-40(32)49(39)30-28-38-37-20-13-27-45(50-41-23-9-3-16-33(41)34-17-4-10-24-42(34)50)47(37)52-48(38)46(29-30)51-43-25-11-5-18-35(43)36-19-6-12-26-44(36)51/h1-29H. The maximum Gasteiger partial charge on any atom is 0.0661 e. The molecule has 12 rings (SSSR count). The summed E-state index contributed by atoms with van der Waals surface area (Å²) in [6, 6.07) is 64.6. The second kappa shape index (κ2) is 10.5. The van der Waals surface area contributed by atoms with E-state index in [-0.39, 0.29) is 0 Å². The number of benzene rings is 8. The van der Waals surface area contributed by atoms with Gasteiger partial charge in [0.2, 0.25) is 0 Å². The number of rotatable bonds is 3. The van der Waals surface area contributed by atoms with Crippen LogP contribution >= 0.6 is 11.3 Å². The minimum atomic E-state index is 1.16. The van der Waals surface area contributed by atoms with Crippen LogP contribution in [0.2, 0.25) is 0 Å². The molecule has 0 fully saturated rings. The van der Waals surface area contributed by atoms with Crippen molar-refractivity contribution < 1.29 is 0 Å². The summed E-state index contributed by atoms with van der Waals surface area (Å²) in [6.45, 7) is 0. The van der Waals surface area contributed by atoms with Gasteiger partial charge in [0.25, 0.3) is 0 Å². The van der Waals surface area contributed by atoms with Gasteiger partial charge in [-0.1, -0.05) is 121 Å². The molecule has 4 heterocycles. The first kappa shape index (κ1) is 28.1. The van der Waals surface area contributed by atoms with E-state index in [0.717, 1.165) is 5.69 Å². The van der Waals surface area contributed by atoms with Crippen LogP contribution in [0.5, 0.6) is 0 Å². The lowest BCUT2D eigenvalue weighted by Gasteiger charge is -2.14. The van der Waals surface area contributed by atoms with E-state index < -0.39 is 0 Å². The monoisotopic (exact) mass is 679 g/mol. The second-order valence-corrected chi connectivity index (χ2v) is 14.7. The SMILES string of the molecule is c1cc(-n2c3ccccc3c3ccccc32)c2sc3c(-n4c5ccccc5c5ccccc54)cc(-n4c5ccccc5c5ccccc54)cc3c2c1. The van der Waals surface area contributed by atoms with Gasteiger partial charge in [0.15, 0.2) is 0 Å². The molecule has 0 aliphatic rings. The Morgan fingerprint density at radius 1 is 0.269 bits per heavy atom. The molecule has 0 amide bonds. The normalized spacial score (nSPS) is 12.2. The number of thiophene rings is 1. The molecule has 0 aliphatic heterocycles. The number of hydrogen-bond acceptors (Lipinski definition) is 1. The zero-order valence-electron chi connectivity index (χ0n) is 28.0. The van der Waals surface area contributed by atoms with Crippen LogP contribution in [0.25, 0.3) is 103 Å². The van der Waals surface area contributed by atoms with Crippen LogP contribution in [0.4, 0.5) is 0 Å². The lowest BCUT2D eigenvalue weighted by molar-refractivity contribution is 1.15. The van der Waals surface area contributed by atoms with E-state index in [0.29, 0.717) is 0 Å². The average molecular weight is 680 g/mol. The van der Waals surface area contributed by atoms with Gasteiger partial charge in [-0.05, 0) is 54.6 Å². The lowest BCUT2D eigenvalue weighted by Crippen LogP contribution is -1.99. The lowest BCUT2D eigenvalue weighted by atomic mass is 10.1. The van der Waals surface area contributed by atoms with Gasteiger partial charge in [-0.25, -0.2) is 0 Å². The van der Waals surface area contributed by atoms with Crippen LogP contribution in [0, 0.1) is 0 Å². The maximum absolute atomic E-state index is 2.50. The van der Waals surface area contributed by atoms with E-state index in [1.54, 1.807) is 0 Å². The Morgan fingerprint density at radius 2 is 0.615 bits per heavy atom. The van der Waals surface area contributed by atoms with Crippen LogP contribution in [0.1, 0.15) is 0 Å². The molecule has 0 bridgehead atoms. The molecule has 0 aliphatic carbocycles. The molecular formula is C48H29N3S. The molecule has 0 radical (unpaired) electrons. The fourth-order valence-electron chi connectivity index (χ4n) is 8.89. The third-order valence-corrected chi connectivity index (χ3v) is 12.3. The Balaban J connectivity index is 1.27. The van der Waals surface area contributed by atoms with Crippen LogP contribution in [0.3, 0.4) is 0 Å². The molecule has 12 aromatic rings. The topological polar surface area (TPSA) is 14.8 Å². The summed E-state index contributed by atoms with van der Waals surface area (Å²) in [5, 5.41) is 10.1. The van der Waals surface area contributed by atoms with Crippen molar-refractivity contribution >= 4 is 96.9 Å². The highest BCUT2D eigenvalue weighted by molar-refractivity contribution is 7.26. The maximum atomic E-state index is 2.50. The first-order valence-electron chi connectivity index (χ1n) is 17.8. The van der Waals surface area contributed by atoms with Crippen LogP contribution in [0.15, 0.2) is 176 Å². The first-order valence-corrected chi connectivity index (χ1v) is 18.6. The summed E-state index contributed by atoms with van der Waals surface area (Å²) in [6.07, 6.45) is 0. The van der Waals surface area contributed by atoms with Crippen LogP contribution in [-0.4, -0.2) is 13.7 Å². The quantitative estimate of drug-likeness (QED) is 0.177. The van der Waals surface area contributed by atoms with Gasteiger partial charge in [-0.2, -0.15) is 0 Å². The number of fused-ring (bicyclic) bond motifs is 12. The fraction of sp³-hybridized carbons (Fsp3) is 0. The summed E-state index contributed by atoms with van der Waals surface area (Å²) in [5.74, 6) is 0. The third kappa shape index (κ3) is 3.69. The van der Waals surface area contributed by atoms with E-state index in [9.17, 15) is 0 Å². The molecule has 0 atom stereocenters. The molecule has 8 aromatic carbocycles. The molecule has 52 heavy (non-hydrogen) atoms. The number of nitrogens with zero attached hydrogens (tertiary/aromatic N) is 3. The zero-order valence-corrected chi connectivity index (χ0v) is 28.8. The Morgan fingerprint density at radius 3 is 1.06 bits per heavy atom. The number of para-hydroxylation sites is 6. The van der Waals surface area contributed by atoms with E-state index >= 15 is 0 Å². The van der Waals surface area contributed by atoms with Crippen molar-refractivity contribution in [3.8, 4) is 17.1 Å². The Bertz CT molecular complexity index is 3260. The summed E-state index contributed by atoms with van der Waals surface area (Å²) in [7, 11) is 0. The van der Waals surface area contributed by atoms with Crippen molar-refractivity contribution in [2.45, 2.75) is 0 Å². The molecule has 0 spiro atoms. The molecule has 4 heteroatoms. The molecule has 0 unspecified atom stereocenters. The van der Waals surface area contributed by atoms with E-state index in [1.165, 1.54) is 97.0 Å². The largest absolute Gasteiger partial charge is 0.309 e. The van der Waals surface area contributed by atoms with Gasteiger partial charge in [0, 0.05) is 48.8 Å². The van der Waals surface area contributed by atoms with Gasteiger partial charge in [-0.15, -0.1) is 11.3 Å². The van der Waals surface area contributed by atoms with Crippen molar-refractivity contribution in [1.82, 2.24) is 13.7 Å². The van der Waals surface area contributed by atoms with Gasteiger partial charge < -0.3 is 13.7 Å². The van der Waals surface area contributed by atoms with Gasteiger partial charge in [0.05, 0.1) is 53.9 Å². The first-order chi connectivity index (χ1) is 25.8. The molecule has 0 saturated heterocycles. The molecule has 4 aromatic heterocycles. The molecule has 0 saturated carbocycles. The molecule has 3 nitrogen and oxygen atoms in total. The zero-order chi connectivity index (χ0) is 33.9. The summed E-state index contributed by atoms with van der Waals surface area (Å²) >= 11 is 1.91. The van der Waals surface area contributed by atoms with Gasteiger partial charge in [-0.3, -0.25) is 0 Å². The number of hydrogen-bond donors (Lipinski definition) is 0. The smallest absolute Gasteiger partial charge is 0.0661 e. The van der Waals surface area contributed by atoms with E-state index in [2.05, 4.69) is 190 Å². The second-order valence-electron chi connectivity index (χ2n) is 13.7. The molecule has 0 N–H and O–H groups in total. The average Bonchev–Trinajstić information content (AvgIpc) is 3.94. The van der Waals surface area contributed by atoms with E-state index in [1.807, 2.05) is 11.3 Å². The molecular weight excluding hydrogens is 651 g/mol. The van der Waals surface area contributed by atoms with Crippen molar-refractivity contribution in [1.29, 1.82) is 0 Å². The summed E-state index contributed by atoms with van der Waals surface area (Å²) in [5.41, 5.74) is 10.9. The van der Waals surface area contributed by atoms with Crippen LogP contribution < -0.4 is 0 Å². The van der Waals surface area contributed by atoms with Crippen molar-refractivity contribution in [3.63, 3.8) is 0 Å². The molecule has 242 valence electrons. The Labute approximate surface area is 302 Å². The third-order valence-electron chi connectivity index (χ3n) is 11.0. The fourth-order valence-corrected chi connectivity index (χ4v) is 10.2. The van der Waals surface area contributed by atoms with Crippen LogP contribution in [-0.2, 0) is 0 Å². The summed E-state index contributed by atoms with van der Waals surface area (Å²) < 4.78 is 9.99. The summed E-state index contributed by atoms with van der Waals surface area (Å²) in [4.78, 5) is 0. The van der Waals surface area contributed by atoms with Gasteiger partial charge in [0.1, 0.15) is 0 Å². The highest BCUT2D eigenvalue weighted by Crippen LogP contribution is 2.46. The highest BCUT2D eigenvalue weighted by Gasteiger charge is 2.22. The Kier molecular flexibility index (Phi) is 5.65. The van der Waals surface area contributed by atoms with Crippen molar-refractivity contribution in [2.24, 2.45) is 0 Å². The van der Waals surface area contributed by atoms with E-state index in [4.69, 9.17) is 0 Å². The number of aromatic nitrogens is 3. The minimum Gasteiger partial charge on any atom is -0.309 e. The predicted molar refractivity (Wildman–Crippen MR) is 222 cm³/mol. The van der Waals surface area contributed by atoms with Crippen molar-refractivity contribution in [2.75, 3.05) is 0 Å². The van der Waals surface area contributed by atoms with Gasteiger partial charge >= 0.3 is 0 Å². The minimum absolute atomic E-state index is 1.16. The highest BCUT2D eigenvalue weighted by atomic mass is 32.1.